The van der Waals surface area contributed by atoms with E-state index in [1.165, 1.54) is 6.42 Å². The van der Waals surface area contributed by atoms with Gasteiger partial charge in [-0.15, -0.1) is 10.2 Å². The first kappa shape index (κ1) is 22.1. The zero-order valence-corrected chi connectivity index (χ0v) is 19.2. The summed E-state index contributed by atoms with van der Waals surface area (Å²) >= 11 is 0. The largest absolute Gasteiger partial charge is 0.326 e. The molecule has 5 rings (SSSR count). The van der Waals surface area contributed by atoms with Gasteiger partial charge in [0, 0.05) is 43.0 Å². The molecule has 2 aliphatic rings. The molecule has 8 heteroatoms. The van der Waals surface area contributed by atoms with Gasteiger partial charge in [-0.2, -0.15) is 0 Å². The molecule has 2 aliphatic heterocycles. The van der Waals surface area contributed by atoms with E-state index in [1.807, 2.05) is 54.6 Å². The zero-order valence-electron chi connectivity index (χ0n) is 19.2. The van der Waals surface area contributed by atoms with Crippen LogP contribution in [0.2, 0.25) is 0 Å². The zero-order chi connectivity index (χ0) is 23.3. The number of para-hydroxylation sites is 1. The second kappa shape index (κ2) is 10.1. The summed E-state index contributed by atoms with van der Waals surface area (Å²) in [5.74, 6) is 1.66. The summed E-state index contributed by atoms with van der Waals surface area (Å²) in [5.41, 5.74) is 2.50. The fourth-order valence-electron chi connectivity index (χ4n) is 4.75. The lowest BCUT2D eigenvalue weighted by Gasteiger charge is -2.32. The van der Waals surface area contributed by atoms with E-state index < -0.39 is 0 Å². The molecule has 0 aliphatic carbocycles. The average Bonchev–Trinajstić information content (AvgIpc) is 3.13. The van der Waals surface area contributed by atoms with E-state index in [0.29, 0.717) is 13.1 Å². The van der Waals surface area contributed by atoms with Crippen molar-refractivity contribution in [3.05, 3.63) is 60.4 Å². The number of urea groups is 1. The minimum Gasteiger partial charge on any atom is -0.326 e. The lowest BCUT2D eigenvalue weighted by atomic mass is 9.97. The van der Waals surface area contributed by atoms with Crippen molar-refractivity contribution in [3.8, 4) is 11.4 Å². The van der Waals surface area contributed by atoms with Crippen LogP contribution in [0.3, 0.4) is 0 Å². The number of piperidine rings is 1. The maximum atomic E-state index is 12.9. The number of nitrogens with zero attached hydrogens (tertiary/aromatic N) is 4. The first-order chi connectivity index (χ1) is 16.7. The van der Waals surface area contributed by atoms with Gasteiger partial charge in [-0.3, -0.25) is 4.79 Å². The molecular formula is C26H30N6O2. The maximum Gasteiger partial charge on any atom is 0.321 e. The van der Waals surface area contributed by atoms with Crippen molar-refractivity contribution in [1.29, 1.82) is 0 Å². The van der Waals surface area contributed by atoms with Gasteiger partial charge in [0.05, 0.1) is 5.92 Å². The Bertz CT molecular complexity index is 1140. The van der Waals surface area contributed by atoms with Crippen LogP contribution in [0.25, 0.3) is 11.4 Å². The smallest absolute Gasteiger partial charge is 0.321 e. The van der Waals surface area contributed by atoms with Gasteiger partial charge in [0.2, 0.25) is 5.91 Å². The minimum atomic E-state index is -0.234. The number of rotatable bonds is 4. The molecule has 0 bridgehead atoms. The molecule has 2 N–H and O–H groups in total. The van der Waals surface area contributed by atoms with E-state index in [9.17, 15) is 9.59 Å². The Morgan fingerprint density at radius 1 is 0.824 bits per heavy atom. The highest BCUT2D eigenvalue weighted by Gasteiger charge is 2.28. The molecule has 1 saturated heterocycles. The summed E-state index contributed by atoms with van der Waals surface area (Å²) in [5, 5.41) is 14.7. The molecule has 3 aromatic rings. The van der Waals surface area contributed by atoms with Crippen molar-refractivity contribution in [3.63, 3.8) is 0 Å². The third-order valence-corrected chi connectivity index (χ3v) is 6.62. The topological polar surface area (TPSA) is 92.2 Å². The van der Waals surface area contributed by atoms with Gasteiger partial charge in [0.25, 0.3) is 0 Å². The summed E-state index contributed by atoms with van der Waals surface area (Å²) in [6.07, 6.45) is 6.08. The SMILES string of the molecule is O=C(Nc1ccc(-c2nnc3n2CCCCC3)cc1)C1CCCN(C(=O)Nc2ccccc2)C1. The Balaban J connectivity index is 1.20. The predicted octanol–water partition coefficient (Wildman–Crippen LogP) is 4.55. The quantitative estimate of drug-likeness (QED) is 0.600. The lowest BCUT2D eigenvalue weighted by Crippen LogP contribution is -2.45. The van der Waals surface area contributed by atoms with Crippen LogP contribution in [0, 0.1) is 5.92 Å². The fraction of sp³-hybridized carbons (Fsp3) is 0.385. The van der Waals surface area contributed by atoms with Gasteiger partial charge in [0.1, 0.15) is 5.82 Å². The number of hydrogen-bond acceptors (Lipinski definition) is 4. The number of carbonyl (C=O) groups excluding carboxylic acids is 2. The Hall–Kier alpha value is -3.68. The van der Waals surface area contributed by atoms with Gasteiger partial charge in [-0.05, 0) is 62.1 Å². The molecule has 1 atom stereocenters. The minimum absolute atomic E-state index is 0.0543. The first-order valence-corrected chi connectivity index (χ1v) is 12.1. The first-order valence-electron chi connectivity index (χ1n) is 12.1. The number of aromatic nitrogens is 3. The number of nitrogens with one attached hydrogen (secondary N) is 2. The second-order valence-electron chi connectivity index (χ2n) is 9.05. The molecule has 176 valence electrons. The molecule has 1 unspecified atom stereocenters. The Morgan fingerprint density at radius 2 is 1.62 bits per heavy atom. The van der Waals surface area contributed by atoms with Crippen LogP contribution >= 0.6 is 0 Å². The molecule has 34 heavy (non-hydrogen) atoms. The number of likely N-dealkylation sites (tertiary alicyclic amines) is 1. The highest BCUT2D eigenvalue weighted by molar-refractivity contribution is 5.94. The molecule has 0 spiro atoms. The number of amides is 3. The van der Waals surface area contributed by atoms with Gasteiger partial charge in [0.15, 0.2) is 5.82 Å². The summed E-state index contributed by atoms with van der Waals surface area (Å²) in [6.45, 7) is 2.01. The average molecular weight is 459 g/mol. The van der Waals surface area contributed by atoms with E-state index in [4.69, 9.17) is 0 Å². The van der Waals surface area contributed by atoms with Crippen LogP contribution in [-0.2, 0) is 17.8 Å². The van der Waals surface area contributed by atoms with Crippen molar-refractivity contribution in [1.82, 2.24) is 19.7 Å². The monoisotopic (exact) mass is 458 g/mol. The molecule has 1 fully saturated rings. The highest BCUT2D eigenvalue weighted by atomic mass is 16.2. The van der Waals surface area contributed by atoms with E-state index in [2.05, 4.69) is 25.4 Å². The van der Waals surface area contributed by atoms with Crippen molar-refractivity contribution in [2.75, 3.05) is 23.7 Å². The van der Waals surface area contributed by atoms with Crippen molar-refractivity contribution >= 4 is 23.3 Å². The number of anilines is 2. The maximum absolute atomic E-state index is 12.9. The summed E-state index contributed by atoms with van der Waals surface area (Å²) in [6, 6.07) is 17.0. The van der Waals surface area contributed by atoms with Gasteiger partial charge in [-0.1, -0.05) is 24.6 Å². The molecule has 3 amide bonds. The Kier molecular flexibility index (Phi) is 6.56. The fourth-order valence-corrected chi connectivity index (χ4v) is 4.75. The highest BCUT2D eigenvalue weighted by Crippen LogP contribution is 2.25. The van der Waals surface area contributed by atoms with Crippen LogP contribution in [0.15, 0.2) is 54.6 Å². The van der Waals surface area contributed by atoms with E-state index in [-0.39, 0.29) is 17.9 Å². The van der Waals surface area contributed by atoms with Crippen LogP contribution in [0.1, 0.15) is 37.9 Å². The Labute approximate surface area is 199 Å². The molecule has 0 saturated carbocycles. The van der Waals surface area contributed by atoms with Gasteiger partial charge >= 0.3 is 6.03 Å². The Morgan fingerprint density at radius 3 is 2.44 bits per heavy atom. The number of carbonyl (C=O) groups is 2. The summed E-state index contributed by atoms with van der Waals surface area (Å²) in [7, 11) is 0. The third-order valence-electron chi connectivity index (χ3n) is 6.62. The molecule has 3 heterocycles. The number of fused-ring (bicyclic) bond motifs is 1. The van der Waals surface area contributed by atoms with E-state index in [0.717, 1.165) is 67.2 Å². The van der Waals surface area contributed by atoms with Crippen molar-refractivity contribution in [2.45, 2.75) is 45.1 Å². The molecular weight excluding hydrogens is 428 g/mol. The van der Waals surface area contributed by atoms with E-state index >= 15 is 0 Å². The van der Waals surface area contributed by atoms with Crippen LogP contribution in [0.4, 0.5) is 16.2 Å². The van der Waals surface area contributed by atoms with Crippen LogP contribution < -0.4 is 10.6 Å². The lowest BCUT2D eigenvalue weighted by molar-refractivity contribution is -0.121. The second-order valence-corrected chi connectivity index (χ2v) is 9.05. The molecule has 8 nitrogen and oxygen atoms in total. The van der Waals surface area contributed by atoms with E-state index in [1.54, 1.807) is 4.90 Å². The number of aryl methyl sites for hydroxylation is 1. The summed E-state index contributed by atoms with van der Waals surface area (Å²) in [4.78, 5) is 27.3. The van der Waals surface area contributed by atoms with Crippen molar-refractivity contribution in [2.24, 2.45) is 5.92 Å². The van der Waals surface area contributed by atoms with Crippen molar-refractivity contribution < 1.29 is 9.59 Å². The van der Waals surface area contributed by atoms with Gasteiger partial charge < -0.3 is 20.1 Å². The summed E-state index contributed by atoms with van der Waals surface area (Å²) < 4.78 is 2.22. The molecule has 2 aromatic carbocycles. The number of benzene rings is 2. The third kappa shape index (κ3) is 4.95. The molecule has 1 aromatic heterocycles. The normalized spacial score (nSPS) is 18.0. The molecule has 0 radical (unpaired) electrons. The predicted molar refractivity (Wildman–Crippen MR) is 131 cm³/mol. The van der Waals surface area contributed by atoms with Crippen LogP contribution in [0.5, 0.6) is 0 Å². The standard InChI is InChI=1S/C26H30N6O2/c33-25(20-8-7-16-31(18-20)26(34)28-21-9-3-1-4-10-21)27-22-14-12-19(13-15-22)24-30-29-23-11-5-2-6-17-32(23)24/h1,3-4,9-10,12-15,20H,2,5-8,11,16-18H2,(H,27,33)(H,28,34). The van der Waals surface area contributed by atoms with Crippen LogP contribution in [-0.4, -0.2) is 44.7 Å². The van der Waals surface area contributed by atoms with Gasteiger partial charge in [-0.25, -0.2) is 4.79 Å². The number of hydrogen-bond donors (Lipinski definition) is 2.